The molecule has 1 aliphatic heterocycles. The minimum atomic E-state index is -0.731. The Hall–Kier alpha value is -3.58. The lowest BCUT2D eigenvalue weighted by Crippen LogP contribution is -2.29. The number of benzene rings is 2. The summed E-state index contributed by atoms with van der Waals surface area (Å²) in [5, 5.41) is 13.1. The van der Waals surface area contributed by atoms with Crippen molar-refractivity contribution >= 4 is 34.5 Å². The van der Waals surface area contributed by atoms with Crippen LogP contribution in [0.25, 0.3) is 5.76 Å². The number of rotatable bonds is 5. The molecule has 0 spiro atoms. The van der Waals surface area contributed by atoms with Crippen LogP contribution < -0.4 is 14.4 Å². The van der Waals surface area contributed by atoms with E-state index in [4.69, 9.17) is 9.47 Å². The molecular formula is C25H23NO5S. The second kappa shape index (κ2) is 8.51. The number of nitrogens with zero attached hydrogens (tertiary/aromatic N) is 1. The third-order valence-corrected chi connectivity index (χ3v) is 6.68. The zero-order chi connectivity index (χ0) is 23.0. The maximum Gasteiger partial charge on any atom is 0.300 e. The Balaban J connectivity index is 1.91. The van der Waals surface area contributed by atoms with E-state index in [-0.39, 0.29) is 11.3 Å². The van der Waals surface area contributed by atoms with Crippen molar-refractivity contribution in [1.29, 1.82) is 0 Å². The zero-order valence-electron chi connectivity index (χ0n) is 18.2. The van der Waals surface area contributed by atoms with Gasteiger partial charge in [0.2, 0.25) is 0 Å². The van der Waals surface area contributed by atoms with Crippen molar-refractivity contribution in [3.8, 4) is 11.5 Å². The van der Waals surface area contributed by atoms with E-state index in [9.17, 15) is 14.7 Å². The molecule has 1 amide bonds. The molecule has 1 unspecified atom stereocenters. The normalized spacial score (nSPS) is 17.6. The molecule has 1 saturated heterocycles. The summed E-state index contributed by atoms with van der Waals surface area (Å²) in [5.41, 5.74) is 2.83. The number of aryl methyl sites for hydroxylation is 2. The average molecular weight is 450 g/mol. The third-order valence-electron chi connectivity index (χ3n) is 5.61. The van der Waals surface area contributed by atoms with Crippen LogP contribution >= 0.6 is 11.3 Å². The van der Waals surface area contributed by atoms with Gasteiger partial charge in [-0.2, -0.15) is 0 Å². The number of aliphatic hydroxyl groups is 1. The number of aliphatic hydroxyl groups excluding tert-OH is 1. The van der Waals surface area contributed by atoms with E-state index in [0.717, 1.165) is 16.0 Å². The van der Waals surface area contributed by atoms with Crippen LogP contribution in [-0.4, -0.2) is 31.0 Å². The van der Waals surface area contributed by atoms with Gasteiger partial charge in [0.15, 0.2) is 0 Å². The van der Waals surface area contributed by atoms with Crippen molar-refractivity contribution in [2.45, 2.75) is 19.9 Å². The maximum atomic E-state index is 13.2. The van der Waals surface area contributed by atoms with Crippen molar-refractivity contribution in [2.75, 3.05) is 19.1 Å². The first kappa shape index (κ1) is 21.6. The van der Waals surface area contributed by atoms with E-state index >= 15 is 0 Å². The minimum Gasteiger partial charge on any atom is -0.507 e. The van der Waals surface area contributed by atoms with Crippen LogP contribution in [0.1, 0.15) is 27.6 Å². The number of Topliss-reactive ketones (excluding diaryl/α,β-unsaturated/α-hetero) is 1. The van der Waals surface area contributed by atoms with Gasteiger partial charge < -0.3 is 14.6 Å². The van der Waals surface area contributed by atoms with Gasteiger partial charge in [0.1, 0.15) is 23.3 Å². The summed E-state index contributed by atoms with van der Waals surface area (Å²) in [5.74, 6) is -0.291. The van der Waals surface area contributed by atoms with Gasteiger partial charge in [0, 0.05) is 16.1 Å². The first-order chi connectivity index (χ1) is 15.4. The molecule has 7 heteroatoms. The molecule has 1 fully saturated rings. The summed E-state index contributed by atoms with van der Waals surface area (Å²) in [6.45, 7) is 3.78. The highest BCUT2D eigenvalue weighted by Crippen LogP contribution is 2.45. The Labute approximate surface area is 190 Å². The molecule has 0 saturated carbocycles. The fourth-order valence-corrected chi connectivity index (χ4v) is 4.96. The third kappa shape index (κ3) is 3.54. The van der Waals surface area contributed by atoms with Gasteiger partial charge in [0.25, 0.3) is 11.7 Å². The summed E-state index contributed by atoms with van der Waals surface area (Å²) < 4.78 is 10.5. The smallest absolute Gasteiger partial charge is 0.300 e. The summed E-state index contributed by atoms with van der Waals surface area (Å²) in [6, 6.07) is 13.3. The van der Waals surface area contributed by atoms with Crippen LogP contribution in [0, 0.1) is 13.8 Å². The highest BCUT2D eigenvalue weighted by Gasteiger charge is 2.47. The van der Waals surface area contributed by atoms with Crippen molar-refractivity contribution in [1.82, 2.24) is 0 Å². The minimum absolute atomic E-state index is 0.0703. The standard InChI is InChI=1S/C25H23NO5S/c1-14-11-12-32-24(14)21-20(22(27)16-5-10-19(31-4)15(2)13-16)23(28)25(29)26(21)17-6-8-18(30-3)9-7-17/h5-13,21,27H,1-4H3/b22-20-. The Morgan fingerprint density at radius 1 is 0.969 bits per heavy atom. The summed E-state index contributed by atoms with van der Waals surface area (Å²) in [4.78, 5) is 28.6. The van der Waals surface area contributed by atoms with Crippen LogP contribution in [0.2, 0.25) is 0 Å². The first-order valence-electron chi connectivity index (χ1n) is 10.0. The van der Waals surface area contributed by atoms with Crippen molar-refractivity contribution in [3.63, 3.8) is 0 Å². The van der Waals surface area contributed by atoms with Crippen molar-refractivity contribution in [2.24, 2.45) is 0 Å². The molecule has 164 valence electrons. The Morgan fingerprint density at radius 3 is 2.25 bits per heavy atom. The highest BCUT2D eigenvalue weighted by molar-refractivity contribution is 7.10. The number of hydrogen-bond acceptors (Lipinski definition) is 6. The number of amides is 1. The van der Waals surface area contributed by atoms with Crippen LogP contribution in [0.4, 0.5) is 5.69 Å². The van der Waals surface area contributed by atoms with Crippen molar-refractivity contribution < 1.29 is 24.2 Å². The molecule has 0 aliphatic carbocycles. The molecule has 32 heavy (non-hydrogen) atoms. The second-order valence-corrected chi connectivity index (χ2v) is 8.47. The van der Waals surface area contributed by atoms with Gasteiger partial charge in [-0.05, 0) is 78.9 Å². The lowest BCUT2D eigenvalue weighted by molar-refractivity contribution is -0.132. The number of thiophene rings is 1. The molecule has 3 aromatic rings. The Bertz CT molecular complexity index is 1230. The molecule has 1 N–H and O–H groups in total. The van der Waals surface area contributed by atoms with E-state index in [1.807, 2.05) is 25.3 Å². The molecule has 6 nitrogen and oxygen atoms in total. The van der Waals surface area contributed by atoms with Gasteiger partial charge in [-0.3, -0.25) is 14.5 Å². The average Bonchev–Trinajstić information content (AvgIpc) is 3.33. The number of ketones is 1. The summed E-state index contributed by atoms with van der Waals surface area (Å²) in [6.07, 6.45) is 0. The Kier molecular flexibility index (Phi) is 5.76. The number of hydrogen-bond donors (Lipinski definition) is 1. The number of carbonyl (C=O) groups is 2. The number of carbonyl (C=O) groups excluding carboxylic acids is 2. The highest BCUT2D eigenvalue weighted by atomic mass is 32.1. The van der Waals surface area contributed by atoms with E-state index < -0.39 is 17.7 Å². The lowest BCUT2D eigenvalue weighted by atomic mass is 9.97. The molecule has 4 rings (SSSR count). The predicted molar refractivity (Wildman–Crippen MR) is 125 cm³/mol. The lowest BCUT2D eigenvalue weighted by Gasteiger charge is -2.25. The van der Waals surface area contributed by atoms with Crippen LogP contribution in [-0.2, 0) is 9.59 Å². The van der Waals surface area contributed by atoms with E-state index in [1.54, 1.807) is 56.7 Å². The first-order valence-corrected chi connectivity index (χ1v) is 10.9. The molecular weight excluding hydrogens is 426 g/mol. The van der Waals surface area contributed by atoms with Crippen molar-refractivity contribution in [3.05, 3.63) is 81.1 Å². The van der Waals surface area contributed by atoms with Crippen LogP contribution in [0.15, 0.2) is 59.5 Å². The number of anilines is 1. The van der Waals surface area contributed by atoms with Gasteiger partial charge in [-0.25, -0.2) is 0 Å². The summed E-state index contributed by atoms with van der Waals surface area (Å²) in [7, 11) is 3.13. The maximum absolute atomic E-state index is 13.2. The monoisotopic (exact) mass is 449 g/mol. The molecule has 2 heterocycles. The number of methoxy groups -OCH3 is 2. The predicted octanol–water partition coefficient (Wildman–Crippen LogP) is 5.01. The van der Waals surface area contributed by atoms with Gasteiger partial charge >= 0.3 is 0 Å². The van der Waals surface area contributed by atoms with Gasteiger partial charge in [0.05, 0.1) is 19.8 Å². The van der Waals surface area contributed by atoms with Crippen LogP contribution in [0.5, 0.6) is 11.5 Å². The molecule has 1 aliphatic rings. The van der Waals surface area contributed by atoms with Gasteiger partial charge in [-0.15, -0.1) is 11.3 Å². The van der Waals surface area contributed by atoms with E-state index in [0.29, 0.717) is 22.7 Å². The SMILES string of the molecule is COc1ccc(N2C(=O)C(=O)/C(=C(\O)c3ccc(OC)c(C)c3)C2c2sccc2C)cc1. The molecule has 1 aromatic heterocycles. The fraction of sp³-hybridized carbons (Fsp3) is 0.200. The zero-order valence-corrected chi connectivity index (χ0v) is 19.0. The molecule has 1 atom stereocenters. The molecule has 2 aromatic carbocycles. The van der Waals surface area contributed by atoms with E-state index in [1.165, 1.54) is 16.2 Å². The largest absolute Gasteiger partial charge is 0.507 e. The second-order valence-electron chi connectivity index (χ2n) is 7.52. The molecule has 0 bridgehead atoms. The molecule has 0 radical (unpaired) electrons. The topological polar surface area (TPSA) is 76.1 Å². The van der Waals surface area contributed by atoms with E-state index in [2.05, 4.69) is 0 Å². The Morgan fingerprint density at radius 2 is 1.69 bits per heavy atom. The quantitative estimate of drug-likeness (QED) is 0.337. The number of ether oxygens (including phenoxy) is 2. The van der Waals surface area contributed by atoms with Crippen LogP contribution in [0.3, 0.4) is 0 Å². The van der Waals surface area contributed by atoms with Gasteiger partial charge in [-0.1, -0.05) is 0 Å². The fourth-order valence-electron chi connectivity index (χ4n) is 3.94. The summed E-state index contributed by atoms with van der Waals surface area (Å²) >= 11 is 1.45.